The summed E-state index contributed by atoms with van der Waals surface area (Å²) < 4.78 is 0. The Morgan fingerprint density at radius 2 is 1.58 bits per heavy atom. The molecular weight excluding hydrogens is 302 g/mol. The van der Waals surface area contributed by atoms with Gasteiger partial charge in [0.15, 0.2) is 0 Å². The van der Waals surface area contributed by atoms with Crippen LogP contribution in [0.2, 0.25) is 0 Å². The predicted molar refractivity (Wildman–Crippen MR) is 90.9 cm³/mol. The molecule has 1 heterocycles. The fourth-order valence-electron chi connectivity index (χ4n) is 1.99. The first-order chi connectivity index (χ1) is 11.7. The number of nitrogens with zero attached hydrogens (tertiary/aromatic N) is 3. The number of amides is 1. The molecule has 3 rings (SSSR count). The maximum atomic E-state index is 12.2. The molecule has 24 heavy (non-hydrogen) atoms. The number of nitriles is 1. The van der Waals surface area contributed by atoms with Crippen LogP contribution in [-0.4, -0.2) is 15.9 Å². The Kier molecular flexibility index (Phi) is 4.45. The second-order valence-electron chi connectivity index (χ2n) is 4.93. The van der Waals surface area contributed by atoms with Gasteiger partial charge in [-0.05, 0) is 36.4 Å². The molecule has 0 radical (unpaired) electrons. The van der Waals surface area contributed by atoms with Crippen molar-refractivity contribution in [2.75, 3.05) is 10.6 Å². The Morgan fingerprint density at radius 1 is 0.917 bits per heavy atom. The Bertz CT molecular complexity index is 868. The molecule has 1 aromatic heterocycles. The minimum absolute atomic E-state index is 0.314. The summed E-state index contributed by atoms with van der Waals surface area (Å²) in [6.45, 7) is 0. The van der Waals surface area contributed by atoms with E-state index in [1.165, 1.54) is 12.4 Å². The Labute approximate surface area is 138 Å². The Hall–Kier alpha value is -3.72. The van der Waals surface area contributed by atoms with Crippen molar-refractivity contribution in [2.24, 2.45) is 0 Å². The number of anilines is 3. The van der Waals surface area contributed by atoms with E-state index < -0.39 is 0 Å². The van der Waals surface area contributed by atoms with E-state index in [4.69, 9.17) is 5.26 Å². The van der Waals surface area contributed by atoms with Gasteiger partial charge in [-0.15, -0.1) is 0 Å². The highest BCUT2D eigenvalue weighted by Gasteiger charge is 2.08. The molecule has 6 nitrogen and oxygen atoms in total. The average molecular weight is 315 g/mol. The summed E-state index contributed by atoms with van der Waals surface area (Å²) in [5.74, 6) is 0.0992. The largest absolute Gasteiger partial charge is 0.324 e. The number of carbonyl (C=O) groups is 1. The third kappa shape index (κ3) is 3.72. The summed E-state index contributed by atoms with van der Waals surface area (Å²) in [6.07, 6.45) is 2.91. The molecule has 6 heteroatoms. The minimum Gasteiger partial charge on any atom is -0.324 e. The van der Waals surface area contributed by atoms with Gasteiger partial charge in [0.1, 0.15) is 0 Å². The topological polar surface area (TPSA) is 90.7 Å². The van der Waals surface area contributed by atoms with Crippen LogP contribution >= 0.6 is 0 Å². The van der Waals surface area contributed by atoms with Crippen LogP contribution in [0.15, 0.2) is 67.0 Å². The lowest BCUT2D eigenvalue weighted by atomic mass is 10.2. The third-order valence-corrected chi connectivity index (χ3v) is 3.22. The van der Waals surface area contributed by atoms with Crippen LogP contribution in [0.25, 0.3) is 0 Å². The van der Waals surface area contributed by atoms with E-state index in [1.54, 1.807) is 24.3 Å². The summed E-state index contributed by atoms with van der Waals surface area (Å²) in [4.78, 5) is 20.4. The molecule has 0 unspecified atom stereocenters. The minimum atomic E-state index is -0.314. The molecule has 0 aliphatic carbocycles. The maximum absolute atomic E-state index is 12.2. The normalized spacial score (nSPS) is 9.79. The SMILES string of the molecule is N#Cc1ccc(NC(=O)c2cnc(Nc3ccccc3)nc2)cc1. The molecule has 0 spiro atoms. The molecule has 0 atom stereocenters. The molecule has 2 aromatic carbocycles. The van der Waals surface area contributed by atoms with Crippen molar-refractivity contribution in [2.45, 2.75) is 0 Å². The van der Waals surface area contributed by atoms with Crippen molar-refractivity contribution in [3.63, 3.8) is 0 Å². The average Bonchev–Trinajstić information content (AvgIpc) is 2.64. The van der Waals surface area contributed by atoms with Gasteiger partial charge in [0.2, 0.25) is 5.95 Å². The van der Waals surface area contributed by atoms with Gasteiger partial charge in [0.25, 0.3) is 5.91 Å². The monoisotopic (exact) mass is 315 g/mol. The van der Waals surface area contributed by atoms with Crippen molar-refractivity contribution in [3.05, 3.63) is 78.1 Å². The molecule has 0 fully saturated rings. The van der Waals surface area contributed by atoms with E-state index in [0.717, 1.165) is 5.69 Å². The van der Waals surface area contributed by atoms with Crippen LogP contribution in [0.1, 0.15) is 15.9 Å². The fraction of sp³-hybridized carbons (Fsp3) is 0. The first kappa shape index (κ1) is 15.2. The molecule has 0 aliphatic heterocycles. The number of benzene rings is 2. The van der Waals surface area contributed by atoms with E-state index in [1.807, 2.05) is 36.4 Å². The molecule has 0 aliphatic rings. The van der Waals surface area contributed by atoms with Gasteiger partial charge in [-0.1, -0.05) is 18.2 Å². The van der Waals surface area contributed by atoms with Crippen molar-refractivity contribution < 1.29 is 4.79 Å². The van der Waals surface area contributed by atoms with Crippen LogP contribution in [-0.2, 0) is 0 Å². The second kappa shape index (κ2) is 7.03. The van der Waals surface area contributed by atoms with Crippen LogP contribution in [0.5, 0.6) is 0 Å². The lowest BCUT2D eigenvalue weighted by molar-refractivity contribution is 0.102. The fourth-order valence-corrected chi connectivity index (χ4v) is 1.99. The molecule has 3 aromatic rings. The van der Waals surface area contributed by atoms with Gasteiger partial charge in [0, 0.05) is 23.8 Å². The van der Waals surface area contributed by atoms with Gasteiger partial charge in [-0.2, -0.15) is 5.26 Å². The van der Waals surface area contributed by atoms with Crippen LogP contribution in [0.4, 0.5) is 17.3 Å². The number of rotatable bonds is 4. The van der Waals surface area contributed by atoms with Gasteiger partial charge < -0.3 is 10.6 Å². The summed E-state index contributed by atoms with van der Waals surface area (Å²) in [5, 5.41) is 14.5. The van der Waals surface area contributed by atoms with Crippen LogP contribution < -0.4 is 10.6 Å². The number of hydrogen-bond acceptors (Lipinski definition) is 5. The highest BCUT2D eigenvalue weighted by atomic mass is 16.1. The van der Waals surface area contributed by atoms with Crippen LogP contribution in [0.3, 0.4) is 0 Å². The number of aromatic nitrogens is 2. The molecule has 116 valence electrons. The van der Waals surface area contributed by atoms with Gasteiger partial charge >= 0.3 is 0 Å². The zero-order valence-corrected chi connectivity index (χ0v) is 12.6. The molecule has 1 amide bonds. The first-order valence-electron chi connectivity index (χ1n) is 7.20. The second-order valence-corrected chi connectivity index (χ2v) is 4.93. The van der Waals surface area contributed by atoms with E-state index >= 15 is 0 Å². The van der Waals surface area contributed by atoms with Gasteiger partial charge in [-0.3, -0.25) is 4.79 Å². The lowest BCUT2D eigenvalue weighted by Crippen LogP contribution is -2.13. The lowest BCUT2D eigenvalue weighted by Gasteiger charge is -2.06. The van der Waals surface area contributed by atoms with Gasteiger partial charge in [0.05, 0.1) is 17.2 Å². The number of para-hydroxylation sites is 1. The Morgan fingerprint density at radius 3 is 2.21 bits per heavy atom. The predicted octanol–water partition coefficient (Wildman–Crippen LogP) is 3.34. The highest BCUT2D eigenvalue weighted by Crippen LogP contribution is 2.13. The molecule has 0 saturated carbocycles. The first-order valence-corrected chi connectivity index (χ1v) is 7.20. The zero-order valence-electron chi connectivity index (χ0n) is 12.6. The molecule has 0 saturated heterocycles. The number of hydrogen-bond donors (Lipinski definition) is 2. The number of carbonyl (C=O) groups excluding carboxylic acids is 1. The molecular formula is C18H13N5O. The van der Waals surface area contributed by atoms with Crippen molar-refractivity contribution >= 4 is 23.2 Å². The van der Waals surface area contributed by atoms with E-state index in [0.29, 0.717) is 22.8 Å². The third-order valence-electron chi connectivity index (χ3n) is 3.22. The van der Waals surface area contributed by atoms with E-state index in [9.17, 15) is 4.79 Å². The summed E-state index contributed by atoms with van der Waals surface area (Å²) in [6, 6.07) is 18.2. The maximum Gasteiger partial charge on any atom is 0.258 e. The Balaban J connectivity index is 1.66. The molecule has 2 N–H and O–H groups in total. The number of nitrogens with one attached hydrogen (secondary N) is 2. The summed E-state index contributed by atoms with van der Waals surface area (Å²) in [7, 11) is 0. The van der Waals surface area contributed by atoms with E-state index in [2.05, 4.69) is 20.6 Å². The smallest absolute Gasteiger partial charge is 0.258 e. The van der Waals surface area contributed by atoms with Crippen molar-refractivity contribution in [1.82, 2.24) is 9.97 Å². The summed E-state index contributed by atoms with van der Waals surface area (Å²) >= 11 is 0. The summed E-state index contributed by atoms with van der Waals surface area (Å²) in [5.41, 5.74) is 2.35. The zero-order chi connectivity index (χ0) is 16.8. The van der Waals surface area contributed by atoms with Crippen molar-refractivity contribution in [1.29, 1.82) is 5.26 Å². The quantitative estimate of drug-likeness (QED) is 0.770. The standard InChI is InChI=1S/C18H13N5O/c19-10-13-6-8-16(9-7-13)22-17(24)14-11-20-18(21-12-14)23-15-4-2-1-3-5-15/h1-9,11-12H,(H,22,24)(H,20,21,23). The van der Waals surface area contributed by atoms with E-state index in [-0.39, 0.29) is 5.91 Å². The van der Waals surface area contributed by atoms with Crippen LogP contribution in [0, 0.1) is 11.3 Å². The van der Waals surface area contributed by atoms with Gasteiger partial charge in [-0.25, -0.2) is 9.97 Å². The molecule has 0 bridgehead atoms. The highest BCUT2D eigenvalue weighted by molar-refractivity contribution is 6.03. The van der Waals surface area contributed by atoms with Crippen molar-refractivity contribution in [3.8, 4) is 6.07 Å².